The van der Waals surface area contributed by atoms with Crippen molar-refractivity contribution >= 4 is 22.6 Å². The van der Waals surface area contributed by atoms with Crippen LogP contribution in [-0.2, 0) is 0 Å². The number of aromatic nitrogens is 1. The molecule has 4 heteroatoms. The van der Waals surface area contributed by atoms with Crippen molar-refractivity contribution in [2.75, 3.05) is 11.9 Å². The smallest absolute Gasteiger partial charge is 0.335 e. The molecule has 0 unspecified atom stereocenters. The molecule has 0 radical (unpaired) electrons. The Kier molecular flexibility index (Phi) is 4.33. The van der Waals surface area contributed by atoms with E-state index >= 15 is 0 Å². The molecule has 1 saturated carbocycles. The van der Waals surface area contributed by atoms with Gasteiger partial charge in [-0.05, 0) is 37.1 Å². The number of hydrogen-bond donors (Lipinski definition) is 1. The summed E-state index contributed by atoms with van der Waals surface area (Å²) in [5, 5.41) is 10.2. The molecule has 1 N–H and O–H groups in total. The van der Waals surface area contributed by atoms with E-state index in [0.29, 0.717) is 11.6 Å². The third kappa shape index (κ3) is 3.03. The number of nitrogens with zero attached hydrogens (tertiary/aromatic N) is 2. The largest absolute Gasteiger partial charge is 0.478 e. The Morgan fingerprint density at radius 3 is 2.50 bits per heavy atom. The van der Waals surface area contributed by atoms with Gasteiger partial charge in [0.1, 0.15) is 0 Å². The third-order valence-corrected chi connectivity index (χ3v) is 5.34. The highest BCUT2D eigenvalue weighted by atomic mass is 16.4. The normalized spacial score (nSPS) is 14.7. The molecule has 4 nitrogen and oxygen atoms in total. The average Bonchev–Trinajstić information content (AvgIpc) is 3.21. The maximum absolute atomic E-state index is 11.3. The maximum atomic E-state index is 11.3. The second-order valence-corrected chi connectivity index (χ2v) is 6.98. The minimum absolute atomic E-state index is 0.293. The Bertz CT molecular complexity index is 947. The van der Waals surface area contributed by atoms with Gasteiger partial charge in [-0.2, -0.15) is 0 Å². The van der Waals surface area contributed by atoms with Crippen LogP contribution in [0.25, 0.3) is 22.2 Å². The van der Waals surface area contributed by atoms with Gasteiger partial charge in [0.25, 0.3) is 0 Å². The Balaban J connectivity index is 1.90. The maximum Gasteiger partial charge on any atom is 0.335 e. The van der Waals surface area contributed by atoms with Crippen molar-refractivity contribution in [1.82, 2.24) is 4.98 Å². The Morgan fingerprint density at radius 2 is 1.81 bits per heavy atom. The van der Waals surface area contributed by atoms with E-state index in [1.807, 2.05) is 18.2 Å². The summed E-state index contributed by atoms with van der Waals surface area (Å²) in [5.41, 5.74) is 4.21. The van der Waals surface area contributed by atoms with Crippen LogP contribution in [0.5, 0.6) is 0 Å². The first-order valence-electron chi connectivity index (χ1n) is 9.10. The van der Waals surface area contributed by atoms with Crippen LogP contribution in [0.4, 0.5) is 5.69 Å². The van der Waals surface area contributed by atoms with Crippen molar-refractivity contribution in [3.63, 3.8) is 0 Å². The van der Waals surface area contributed by atoms with E-state index in [1.165, 1.54) is 25.7 Å². The van der Waals surface area contributed by atoms with Crippen LogP contribution in [-0.4, -0.2) is 29.1 Å². The van der Waals surface area contributed by atoms with Crippen molar-refractivity contribution in [1.29, 1.82) is 0 Å². The number of rotatable bonds is 4. The van der Waals surface area contributed by atoms with Gasteiger partial charge in [0, 0.05) is 24.0 Å². The van der Waals surface area contributed by atoms with Gasteiger partial charge in [-0.15, -0.1) is 0 Å². The quantitative estimate of drug-likeness (QED) is 0.724. The predicted octanol–water partition coefficient (Wildman–Crippen LogP) is 4.98. The zero-order valence-electron chi connectivity index (χ0n) is 14.9. The number of fused-ring (bicyclic) bond motifs is 1. The fourth-order valence-corrected chi connectivity index (χ4v) is 3.86. The van der Waals surface area contributed by atoms with Crippen molar-refractivity contribution < 1.29 is 9.90 Å². The first-order valence-corrected chi connectivity index (χ1v) is 9.10. The zero-order valence-corrected chi connectivity index (χ0v) is 14.9. The fourth-order valence-electron chi connectivity index (χ4n) is 3.86. The topological polar surface area (TPSA) is 53.4 Å². The molecule has 132 valence electrons. The molecule has 0 spiro atoms. The first-order chi connectivity index (χ1) is 12.6. The summed E-state index contributed by atoms with van der Waals surface area (Å²) in [7, 11) is 2.13. The second-order valence-electron chi connectivity index (χ2n) is 6.98. The van der Waals surface area contributed by atoms with Crippen LogP contribution in [0, 0.1) is 0 Å². The summed E-state index contributed by atoms with van der Waals surface area (Å²) in [6, 6.07) is 17.9. The van der Waals surface area contributed by atoms with Gasteiger partial charge in [0.2, 0.25) is 0 Å². The summed E-state index contributed by atoms with van der Waals surface area (Å²) in [6.45, 7) is 0. The molecule has 26 heavy (non-hydrogen) atoms. The number of carbonyl (C=O) groups is 1. The van der Waals surface area contributed by atoms with Gasteiger partial charge in [-0.1, -0.05) is 43.2 Å². The average molecular weight is 346 g/mol. The number of carboxylic acids is 1. The summed E-state index contributed by atoms with van der Waals surface area (Å²) >= 11 is 0. The number of anilines is 1. The van der Waals surface area contributed by atoms with Gasteiger partial charge in [-0.25, -0.2) is 9.78 Å². The molecular formula is C22H22N2O2. The summed E-state index contributed by atoms with van der Waals surface area (Å²) in [4.78, 5) is 18.6. The molecule has 0 saturated heterocycles. The summed E-state index contributed by atoms with van der Waals surface area (Å²) < 4.78 is 0. The Hall–Kier alpha value is -2.88. The van der Waals surface area contributed by atoms with Crippen molar-refractivity contribution in [3.8, 4) is 11.3 Å². The van der Waals surface area contributed by atoms with Gasteiger partial charge in [-0.3, -0.25) is 0 Å². The standard InChI is InChI=1S/C22H22N2O2/c1-24(18-9-5-6-10-18)20-14-17-13-16(22(25)26)11-12-19(17)23-21(20)15-7-3-2-4-8-15/h2-4,7-8,11-14,18H,5-6,9-10H2,1H3,(H,25,26). The lowest BCUT2D eigenvalue weighted by molar-refractivity contribution is 0.0697. The summed E-state index contributed by atoms with van der Waals surface area (Å²) in [6.07, 6.45) is 4.91. The van der Waals surface area contributed by atoms with E-state index in [2.05, 4.69) is 30.1 Å². The Morgan fingerprint density at radius 1 is 1.08 bits per heavy atom. The first kappa shape index (κ1) is 16.6. The molecular weight excluding hydrogens is 324 g/mol. The van der Waals surface area contributed by atoms with Crippen LogP contribution in [0.15, 0.2) is 54.6 Å². The molecule has 2 aromatic carbocycles. The lowest BCUT2D eigenvalue weighted by Crippen LogP contribution is -2.29. The highest BCUT2D eigenvalue weighted by Gasteiger charge is 2.23. The van der Waals surface area contributed by atoms with Crippen LogP contribution in [0.2, 0.25) is 0 Å². The Labute approximate surface area is 153 Å². The van der Waals surface area contributed by atoms with Gasteiger partial charge in [0.05, 0.1) is 22.5 Å². The SMILES string of the molecule is CN(c1cc2cc(C(=O)O)ccc2nc1-c1ccccc1)C1CCCC1. The van der Waals surface area contributed by atoms with Crippen molar-refractivity contribution in [2.24, 2.45) is 0 Å². The number of carboxylic acid groups (broad SMARTS) is 1. The van der Waals surface area contributed by atoms with Crippen molar-refractivity contribution in [3.05, 3.63) is 60.2 Å². The van der Waals surface area contributed by atoms with Crippen LogP contribution in [0.1, 0.15) is 36.0 Å². The third-order valence-electron chi connectivity index (χ3n) is 5.34. The van der Waals surface area contributed by atoms with E-state index in [-0.39, 0.29) is 0 Å². The van der Waals surface area contributed by atoms with Crippen LogP contribution < -0.4 is 4.90 Å². The minimum Gasteiger partial charge on any atom is -0.478 e. The van der Waals surface area contributed by atoms with E-state index in [9.17, 15) is 9.90 Å². The van der Waals surface area contributed by atoms with Gasteiger partial charge >= 0.3 is 5.97 Å². The molecule has 4 rings (SSSR count). The summed E-state index contributed by atoms with van der Waals surface area (Å²) in [5.74, 6) is -0.912. The van der Waals surface area contributed by atoms with Crippen molar-refractivity contribution in [2.45, 2.75) is 31.7 Å². The molecule has 0 atom stereocenters. The predicted molar refractivity (Wildman–Crippen MR) is 105 cm³/mol. The van der Waals surface area contributed by atoms with Gasteiger partial charge in [0.15, 0.2) is 0 Å². The molecule has 0 amide bonds. The molecule has 1 aromatic heterocycles. The number of aromatic carboxylic acids is 1. The molecule has 1 heterocycles. The number of benzene rings is 2. The van der Waals surface area contributed by atoms with E-state index < -0.39 is 5.97 Å². The molecule has 1 aliphatic carbocycles. The van der Waals surface area contributed by atoms with Gasteiger partial charge < -0.3 is 10.0 Å². The van der Waals surface area contributed by atoms with E-state index in [4.69, 9.17) is 4.98 Å². The number of hydrogen-bond acceptors (Lipinski definition) is 3. The lowest BCUT2D eigenvalue weighted by Gasteiger charge is -2.28. The molecule has 1 aliphatic rings. The van der Waals surface area contributed by atoms with E-state index in [1.54, 1.807) is 18.2 Å². The molecule has 1 fully saturated rings. The van der Waals surface area contributed by atoms with E-state index in [0.717, 1.165) is 27.8 Å². The van der Waals surface area contributed by atoms with Crippen LogP contribution >= 0.6 is 0 Å². The molecule has 0 aliphatic heterocycles. The second kappa shape index (κ2) is 6.79. The minimum atomic E-state index is -0.912. The van der Waals surface area contributed by atoms with Crippen LogP contribution in [0.3, 0.4) is 0 Å². The fraction of sp³-hybridized carbons (Fsp3) is 0.273. The molecule has 3 aromatic rings. The monoisotopic (exact) mass is 346 g/mol. The number of pyridine rings is 1. The lowest BCUT2D eigenvalue weighted by atomic mass is 10.0. The highest BCUT2D eigenvalue weighted by Crippen LogP contribution is 2.35. The zero-order chi connectivity index (χ0) is 18.1. The molecule has 0 bridgehead atoms. The highest BCUT2D eigenvalue weighted by molar-refractivity contribution is 5.96.